The van der Waals surface area contributed by atoms with E-state index >= 15 is 0 Å². The van der Waals surface area contributed by atoms with E-state index in [2.05, 4.69) is 5.16 Å². The van der Waals surface area contributed by atoms with Crippen LogP contribution in [0.15, 0.2) is 29.4 Å². The number of benzene rings is 1. The predicted molar refractivity (Wildman–Crippen MR) is 52.6 cm³/mol. The van der Waals surface area contributed by atoms with Gasteiger partial charge in [-0.15, -0.1) is 0 Å². The Morgan fingerprint density at radius 2 is 2.08 bits per heavy atom. The smallest absolute Gasteiger partial charge is 0.175 e. The van der Waals surface area contributed by atoms with Crippen LogP contribution < -0.4 is 0 Å². The fourth-order valence-corrected chi connectivity index (χ4v) is 1.66. The first-order chi connectivity index (χ1) is 6.33. The minimum atomic E-state index is 0.183. The lowest BCUT2D eigenvalue weighted by molar-refractivity contribution is 0.321. The molecule has 0 spiro atoms. The number of rotatable bonds is 2. The molecule has 0 unspecified atom stereocenters. The van der Waals surface area contributed by atoms with Crippen molar-refractivity contribution in [3.8, 4) is 0 Å². The van der Waals surface area contributed by atoms with Crippen LogP contribution in [0, 0.1) is 0 Å². The van der Waals surface area contributed by atoms with Crippen molar-refractivity contribution in [2.24, 2.45) is 5.16 Å². The lowest BCUT2D eigenvalue weighted by atomic mass is 10.0. The van der Waals surface area contributed by atoms with E-state index in [9.17, 15) is 0 Å². The molecule has 1 fully saturated rings. The molecule has 0 bridgehead atoms. The van der Waals surface area contributed by atoms with Gasteiger partial charge in [0.1, 0.15) is 0 Å². The molecule has 1 saturated carbocycles. The van der Waals surface area contributed by atoms with Gasteiger partial charge in [0.15, 0.2) is 5.17 Å². The van der Waals surface area contributed by atoms with Gasteiger partial charge in [-0.25, -0.2) is 0 Å². The first-order valence-electron chi connectivity index (χ1n) is 4.30. The lowest BCUT2D eigenvalue weighted by Gasteiger charge is -2.04. The highest BCUT2D eigenvalue weighted by Gasteiger charge is 2.26. The molecule has 1 aliphatic rings. The van der Waals surface area contributed by atoms with Crippen molar-refractivity contribution in [1.29, 1.82) is 0 Å². The van der Waals surface area contributed by atoms with Crippen molar-refractivity contribution < 1.29 is 5.21 Å². The summed E-state index contributed by atoms with van der Waals surface area (Å²) in [5.74, 6) is 0.617. The van der Waals surface area contributed by atoms with Crippen molar-refractivity contribution in [3.63, 3.8) is 0 Å². The zero-order valence-corrected chi connectivity index (χ0v) is 7.83. The number of nitrogens with zero attached hydrogens (tertiary/aromatic N) is 1. The Morgan fingerprint density at radius 3 is 2.69 bits per heavy atom. The maximum atomic E-state index is 8.57. The second-order valence-electron chi connectivity index (χ2n) is 3.25. The molecule has 0 aromatic heterocycles. The molecule has 68 valence electrons. The predicted octanol–water partition coefficient (Wildman–Crippen LogP) is 2.94. The topological polar surface area (TPSA) is 32.6 Å². The molecule has 0 heterocycles. The summed E-state index contributed by atoms with van der Waals surface area (Å²) in [6, 6.07) is 7.81. The number of hydrogen-bond donors (Lipinski definition) is 1. The van der Waals surface area contributed by atoms with E-state index in [1.165, 1.54) is 18.4 Å². The number of halogens is 1. The SMILES string of the molecule is O/N=C(/Cl)c1ccccc1C1CC1. The molecule has 1 aliphatic carbocycles. The fraction of sp³-hybridized carbons (Fsp3) is 0.300. The minimum absolute atomic E-state index is 0.183. The third-order valence-corrected chi connectivity index (χ3v) is 2.57. The van der Waals surface area contributed by atoms with Crippen molar-refractivity contribution in [1.82, 2.24) is 0 Å². The zero-order chi connectivity index (χ0) is 9.26. The van der Waals surface area contributed by atoms with Crippen LogP contribution >= 0.6 is 11.6 Å². The quantitative estimate of drug-likeness (QED) is 0.439. The molecule has 2 nitrogen and oxygen atoms in total. The van der Waals surface area contributed by atoms with Gasteiger partial charge >= 0.3 is 0 Å². The molecule has 0 atom stereocenters. The monoisotopic (exact) mass is 195 g/mol. The summed E-state index contributed by atoms with van der Waals surface area (Å²) < 4.78 is 0. The van der Waals surface area contributed by atoms with E-state index in [0.717, 1.165) is 5.56 Å². The molecule has 13 heavy (non-hydrogen) atoms. The van der Waals surface area contributed by atoms with Crippen LogP contribution in [0.3, 0.4) is 0 Å². The van der Waals surface area contributed by atoms with E-state index < -0.39 is 0 Å². The second kappa shape index (κ2) is 3.38. The average molecular weight is 196 g/mol. The zero-order valence-electron chi connectivity index (χ0n) is 7.07. The van der Waals surface area contributed by atoms with Crippen LogP contribution in [-0.2, 0) is 0 Å². The summed E-state index contributed by atoms with van der Waals surface area (Å²) in [4.78, 5) is 0. The summed E-state index contributed by atoms with van der Waals surface area (Å²) in [6.07, 6.45) is 2.43. The molecule has 1 N–H and O–H groups in total. The molecule has 2 rings (SSSR count). The molecular formula is C10H10ClNO. The highest BCUT2D eigenvalue weighted by atomic mass is 35.5. The normalized spacial score (nSPS) is 17.5. The Hall–Kier alpha value is -1.02. The summed E-state index contributed by atoms with van der Waals surface area (Å²) in [5.41, 5.74) is 2.06. The van der Waals surface area contributed by atoms with Gasteiger partial charge < -0.3 is 5.21 Å². The van der Waals surface area contributed by atoms with Gasteiger partial charge in [0.2, 0.25) is 0 Å². The largest absolute Gasteiger partial charge is 0.410 e. The van der Waals surface area contributed by atoms with Gasteiger partial charge in [-0.1, -0.05) is 41.0 Å². The summed E-state index contributed by atoms with van der Waals surface area (Å²) in [7, 11) is 0. The van der Waals surface area contributed by atoms with E-state index in [1.807, 2.05) is 24.3 Å². The molecule has 0 amide bonds. The maximum Gasteiger partial charge on any atom is 0.175 e. The van der Waals surface area contributed by atoms with Crippen molar-refractivity contribution >= 4 is 16.8 Å². The lowest BCUT2D eigenvalue weighted by Crippen LogP contribution is -1.96. The standard InChI is InChI=1S/C10H10ClNO/c11-10(12-13)9-4-2-1-3-8(9)7-5-6-7/h1-4,7,13H,5-6H2/b12-10+. The third-order valence-electron chi connectivity index (χ3n) is 2.29. The maximum absolute atomic E-state index is 8.57. The third kappa shape index (κ3) is 1.68. The highest BCUT2D eigenvalue weighted by molar-refractivity contribution is 6.69. The van der Waals surface area contributed by atoms with Crippen LogP contribution in [0.5, 0.6) is 0 Å². The van der Waals surface area contributed by atoms with E-state index in [0.29, 0.717) is 5.92 Å². The Bertz CT molecular complexity index is 345. The Labute approximate surface area is 81.8 Å². The molecule has 0 radical (unpaired) electrons. The molecule has 1 aromatic rings. The Morgan fingerprint density at radius 1 is 1.38 bits per heavy atom. The van der Waals surface area contributed by atoms with Gasteiger partial charge in [0.25, 0.3) is 0 Å². The van der Waals surface area contributed by atoms with Gasteiger partial charge in [-0.05, 0) is 24.3 Å². The van der Waals surface area contributed by atoms with Crippen LogP contribution in [-0.4, -0.2) is 10.4 Å². The second-order valence-corrected chi connectivity index (χ2v) is 3.61. The highest BCUT2D eigenvalue weighted by Crippen LogP contribution is 2.41. The molecule has 1 aromatic carbocycles. The first-order valence-corrected chi connectivity index (χ1v) is 4.67. The Kier molecular flexibility index (Phi) is 2.23. The van der Waals surface area contributed by atoms with Crippen LogP contribution in [0.1, 0.15) is 29.9 Å². The van der Waals surface area contributed by atoms with Crippen molar-refractivity contribution in [3.05, 3.63) is 35.4 Å². The van der Waals surface area contributed by atoms with Gasteiger partial charge in [0, 0.05) is 5.56 Å². The summed E-state index contributed by atoms with van der Waals surface area (Å²) in [6.45, 7) is 0. The molecule has 3 heteroatoms. The van der Waals surface area contributed by atoms with Crippen LogP contribution in [0.25, 0.3) is 0 Å². The van der Waals surface area contributed by atoms with Crippen LogP contribution in [0.2, 0.25) is 0 Å². The molecular weight excluding hydrogens is 186 g/mol. The average Bonchev–Trinajstić information content (AvgIpc) is 3.00. The first kappa shape index (κ1) is 8.57. The van der Waals surface area contributed by atoms with E-state index in [-0.39, 0.29) is 5.17 Å². The number of oxime groups is 1. The van der Waals surface area contributed by atoms with Gasteiger partial charge in [0.05, 0.1) is 0 Å². The van der Waals surface area contributed by atoms with Gasteiger partial charge in [-0.3, -0.25) is 0 Å². The molecule has 0 saturated heterocycles. The van der Waals surface area contributed by atoms with E-state index in [4.69, 9.17) is 16.8 Å². The Balaban J connectivity index is 2.42. The minimum Gasteiger partial charge on any atom is -0.410 e. The summed E-state index contributed by atoms with van der Waals surface area (Å²) >= 11 is 5.77. The van der Waals surface area contributed by atoms with Gasteiger partial charge in [-0.2, -0.15) is 0 Å². The number of hydrogen-bond acceptors (Lipinski definition) is 2. The van der Waals surface area contributed by atoms with E-state index in [1.54, 1.807) is 0 Å². The molecule has 0 aliphatic heterocycles. The van der Waals surface area contributed by atoms with Crippen molar-refractivity contribution in [2.75, 3.05) is 0 Å². The summed E-state index contributed by atoms with van der Waals surface area (Å²) in [5, 5.41) is 11.8. The van der Waals surface area contributed by atoms with Crippen molar-refractivity contribution in [2.45, 2.75) is 18.8 Å². The van der Waals surface area contributed by atoms with Crippen LogP contribution in [0.4, 0.5) is 0 Å². The fourth-order valence-electron chi connectivity index (χ4n) is 1.49.